The molecule has 4 heteroatoms. The lowest BCUT2D eigenvalue weighted by Crippen LogP contribution is -2.23. The van der Waals surface area contributed by atoms with E-state index < -0.39 is 0 Å². The highest BCUT2D eigenvalue weighted by Crippen LogP contribution is 2.27. The lowest BCUT2D eigenvalue weighted by atomic mass is 9.86. The van der Waals surface area contributed by atoms with Crippen LogP contribution in [0, 0.1) is 5.92 Å². The molecule has 3 rings (SSSR count). The summed E-state index contributed by atoms with van der Waals surface area (Å²) in [6.07, 6.45) is 15.3. The van der Waals surface area contributed by atoms with Gasteiger partial charge in [0.05, 0.1) is 0 Å². The minimum Gasteiger partial charge on any atom is -0.474 e. The first kappa shape index (κ1) is 17.2. The molecule has 4 nitrogen and oxygen atoms in total. The first-order valence-corrected chi connectivity index (χ1v) is 9.68. The zero-order chi connectivity index (χ0) is 16.6. The van der Waals surface area contributed by atoms with Crippen molar-refractivity contribution in [3.63, 3.8) is 0 Å². The summed E-state index contributed by atoms with van der Waals surface area (Å²) in [5.41, 5.74) is 1.03. The molecule has 1 aromatic heterocycles. The van der Waals surface area contributed by atoms with Crippen molar-refractivity contribution >= 4 is 5.91 Å². The fraction of sp³-hybridized carbons (Fsp3) is 0.700. The van der Waals surface area contributed by atoms with Crippen molar-refractivity contribution < 1.29 is 9.53 Å². The average molecular weight is 330 g/mol. The van der Waals surface area contributed by atoms with Crippen LogP contribution in [-0.2, 0) is 11.3 Å². The number of nitrogens with zero attached hydrogens (tertiary/aromatic N) is 1. The van der Waals surface area contributed by atoms with Crippen LogP contribution in [0.25, 0.3) is 0 Å². The van der Waals surface area contributed by atoms with Crippen LogP contribution in [0.1, 0.15) is 76.2 Å². The summed E-state index contributed by atoms with van der Waals surface area (Å²) in [7, 11) is 0. The van der Waals surface area contributed by atoms with E-state index in [1.54, 1.807) is 0 Å². The van der Waals surface area contributed by atoms with E-state index in [4.69, 9.17) is 4.74 Å². The molecule has 0 radical (unpaired) electrons. The number of ether oxygens (including phenoxy) is 1. The Hall–Kier alpha value is -1.58. The largest absolute Gasteiger partial charge is 0.474 e. The number of pyridine rings is 1. The van der Waals surface area contributed by atoms with Crippen LogP contribution in [0.4, 0.5) is 0 Å². The zero-order valence-electron chi connectivity index (χ0n) is 14.6. The fourth-order valence-corrected chi connectivity index (χ4v) is 3.86. The predicted octanol–water partition coefficient (Wildman–Crippen LogP) is 4.38. The number of carbonyl (C=O) groups is 1. The molecular formula is C20H30N2O2. The van der Waals surface area contributed by atoms with Gasteiger partial charge < -0.3 is 10.1 Å². The first-order valence-electron chi connectivity index (χ1n) is 9.68. The van der Waals surface area contributed by atoms with Crippen LogP contribution < -0.4 is 10.1 Å². The van der Waals surface area contributed by atoms with E-state index in [9.17, 15) is 4.79 Å². The van der Waals surface area contributed by atoms with Crippen molar-refractivity contribution in [2.45, 2.75) is 83.3 Å². The summed E-state index contributed by atoms with van der Waals surface area (Å²) in [5.74, 6) is 1.62. The Labute approximate surface area is 145 Å². The molecule has 0 spiro atoms. The van der Waals surface area contributed by atoms with Gasteiger partial charge in [-0.25, -0.2) is 4.98 Å². The van der Waals surface area contributed by atoms with Crippen molar-refractivity contribution in [3.05, 3.63) is 23.9 Å². The zero-order valence-corrected chi connectivity index (χ0v) is 14.6. The second kappa shape index (κ2) is 9.05. The van der Waals surface area contributed by atoms with Crippen molar-refractivity contribution in [2.75, 3.05) is 0 Å². The van der Waals surface area contributed by atoms with Crippen molar-refractivity contribution in [1.82, 2.24) is 10.3 Å². The number of nitrogens with one attached hydrogen (secondary N) is 1. The molecule has 2 aliphatic carbocycles. The van der Waals surface area contributed by atoms with Crippen LogP contribution in [0.2, 0.25) is 0 Å². The average Bonchev–Trinajstić information content (AvgIpc) is 3.13. The molecule has 132 valence electrons. The van der Waals surface area contributed by atoms with E-state index in [1.165, 1.54) is 44.9 Å². The van der Waals surface area contributed by atoms with Gasteiger partial charge >= 0.3 is 0 Å². The summed E-state index contributed by atoms with van der Waals surface area (Å²) >= 11 is 0. The molecule has 2 fully saturated rings. The Balaban J connectivity index is 1.35. The molecule has 0 aromatic carbocycles. The number of amides is 1. The number of hydrogen-bond acceptors (Lipinski definition) is 3. The van der Waals surface area contributed by atoms with Gasteiger partial charge in [0.25, 0.3) is 0 Å². The van der Waals surface area contributed by atoms with Gasteiger partial charge in [-0.05, 0) is 43.6 Å². The number of carbonyl (C=O) groups excluding carboxylic acids is 1. The Morgan fingerprint density at radius 2 is 1.83 bits per heavy atom. The van der Waals surface area contributed by atoms with Crippen molar-refractivity contribution in [2.24, 2.45) is 5.92 Å². The second-order valence-electron chi connectivity index (χ2n) is 7.35. The highest BCUT2D eigenvalue weighted by Gasteiger charge is 2.17. The van der Waals surface area contributed by atoms with Crippen LogP contribution in [0.5, 0.6) is 5.88 Å². The maximum absolute atomic E-state index is 12.0. The highest BCUT2D eigenvalue weighted by molar-refractivity contribution is 5.75. The molecule has 1 heterocycles. The predicted molar refractivity (Wildman–Crippen MR) is 94.8 cm³/mol. The van der Waals surface area contributed by atoms with Gasteiger partial charge in [0.2, 0.25) is 11.8 Å². The topological polar surface area (TPSA) is 51.2 Å². The molecular weight excluding hydrogens is 300 g/mol. The molecule has 0 aliphatic heterocycles. The Morgan fingerprint density at radius 1 is 1.08 bits per heavy atom. The van der Waals surface area contributed by atoms with Crippen LogP contribution >= 0.6 is 0 Å². The Bertz CT molecular complexity index is 503. The van der Waals surface area contributed by atoms with Gasteiger partial charge in [0.15, 0.2) is 0 Å². The molecule has 1 amide bonds. The molecule has 0 saturated heterocycles. The molecule has 2 saturated carbocycles. The first-order chi connectivity index (χ1) is 11.8. The minimum atomic E-state index is 0.159. The SMILES string of the molecule is O=C(CCC1CCCCC1)NCc1ccc(OC2CCCC2)nc1. The number of rotatable bonds is 7. The van der Waals surface area contributed by atoms with Crippen LogP contribution in [0.3, 0.4) is 0 Å². The van der Waals surface area contributed by atoms with Crippen LogP contribution in [0.15, 0.2) is 18.3 Å². The second-order valence-corrected chi connectivity index (χ2v) is 7.35. The fourth-order valence-electron chi connectivity index (χ4n) is 3.86. The van der Waals surface area contributed by atoms with E-state index in [0.717, 1.165) is 30.7 Å². The van der Waals surface area contributed by atoms with E-state index in [-0.39, 0.29) is 5.91 Å². The lowest BCUT2D eigenvalue weighted by molar-refractivity contribution is -0.121. The number of aromatic nitrogens is 1. The Morgan fingerprint density at radius 3 is 2.54 bits per heavy atom. The van der Waals surface area contributed by atoms with Gasteiger partial charge in [0, 0.05) is 25.2 Å². The molecule has 2 aliphatic rings. The monoisotopic (exact) mass is 330 g/mol. The third-order valence-electron chi connectivity index (χ3n) is 5.38. The summed E-state index contributed by atoms with van der Waals surface area (Å²) in [5, 5.41) is 3.01. The third-order valence-corrected chi connectivity index (χ3v) is 5.38. The molecule has 0 unspecified atom stereocenters. The van der Waals surface area contributed by atoms with Gasteiger partial charge in [-0.15, -0.1) is 0 Å². The van der Waals surface area contributed by atoms with Crippen molar-refractivity contribution in [3.8, 4) is 5.88 Å². The summed E-state index contributed by atoms with van der Waals surface area (Å²) in [6.45, 7) is 0.556. The Kier molecular flexibility index (Phi) is 6.50. The van der Waals surface area contributed by atoms with Crippen molar-refractivity contribution in [1.29, 1.82) is 0 Å². The van der Waals surface area contributed by atoms with E-state index in [0.29, 0.717) is 24.9 Å². The van der Waals surface area contributed by atoms with Gasteiger partial charge in [-0.1, -0.05) is 38.2 Å². The third kappa shape index (κ3) is 5.50. The number of hydrogen-bond donors (Lipinski definition) is 1. The maximum Gasteiger partial charge on any atom is 0.220 e. The standard InChI is InChI=1S/C20H30N2O2/c23-19(12-10-16-6-2-1-3-7-16)21-14-17-11-13-20(22-15-17)24-18-8-4-5-9-18/h11,13,15-16,18H,1-10,12,14H2,(H,21,23). The normalized spacial score (nSPS) is 19.3. The minimum absolute atomic E-state index is 0.159. The molecule has 1 N–H and O–H groups in total. The maximum atomic E-state index is 12.0. The lowest BCUT2D eigenvalue weighted by Gasteiger charge is -2.21. The van der Waals surface area contributed by atoms with Crippen LogP contribution in [-0.4, -0.2) is 17.0 Å². The summed E-state index contributed by atoms with van der Waals surface area (Å²) in [4.78, 5) is 16.4. The molecule has 0 atom stereocenters. The van der Waals surface area contributed by atoms with E-state index in [1.807, 2.05) is 18.3 Å². The molecule has 0 bridgehead atoms. The summed E-state index contributed by atoms with van der Waals surface area (Å²) < 4.78 is 5.86. The van der Waals surface area contributed by atoms with Gasteiger partial charge in [0.1, 0.15) is 6.10 Å². The molecule has 24 heavy (non-hydrogen) atoms. The quantitative estimate of drug-likeness (QED) is 0.807. The van der Waals surface area contributed by atoms with Gasteiger partial charge in [-0.2, -0.15) is 0 Å². The van der Waals surface area contributed by atoms with Gasteiger partial charge in [-0.3, -0.25) is 4.79 Å². The highest BCUT2D eigenvalue weighted by atomic mass is 16.5. The van der Waals surface area contributed by atoms with E-state index in [2.05, 4.69) is 10.3 Å². The molecule has 1 aromatic rings. The van der Waals surface area contributed by atoms with E-state index >= 15 is 0 Å². The smallest absolute Gasteiger partial charge is 0.220 e. The summed E-state index contributed by atoms with van der Waals surface area (Å²) in [6, 6.07) is 3.92.